The molecule has 2 aromatic carbocycles. The summed E-state index contributed by atoms with van der Waals surface area (Å²) < 4.78 is 46.8. The van der Waals surface area contributed by atoms with E-state index in [-0.39, 0.29) is 12.2 Å². The molecule has 6 nitrogen and oxygen atoms in total. The third-order valence-electron chi connectivity index (χ3n) is 3.45. The van der Waals surface area contributed by atoms with Crippen LogP contribution >= 0.6 is 0 Å². The molecule has 0 amide bonds. The molecule has 3 rings (SSSR count). The standard InChI is InChI=1S/C18H14F3N3O3/c19-18(20,21)27-16-8-6-14(7-9-16)17(25)26-12-15-11-24(23-22-15)10-13-4-2-1-3-5-13/h1-9,11H,10,12H2. The van der Waals surface area contributed by atoms with Crippen molar-refractivity contribution in [2.75, 3.05) is 0 Å². The van der Waals surface area contributed by atoms with Crippen molar-refractivity contribution in [1.29, 1.82) is 0 Å². The Morgan fingerprint density at radius 3 is 2.41 bits per heavy atom. The number of nitrogens with zero attached hydrogens (tertiary/aromatic N) is 3. The summed E-state index contributed by atoms with van der Waals surface area (Å²) in [5, 5.41) is 7.88. The van der Waals surface area contributed by atoms with Gasteiger partial charge in [0.2, 0.25) is 0 Å². The van der Waals surface area contributed by atoms with Gasteiger partial charge in [-0.05, 0) is 29.8 Å². The average Bonchev–Trinajstić information content (AvgIpc) is 3.07. The van der Waals surface area contributed by atoms with E-state index in [4.69, 9.17) is 4.74 Å². The molecule has 140 valence electrons. The van der Waals surface area contributed by atoms with Gasteiger partial charge in [-0.2, -0.15) is 0 Å². The van der Waals surface area contributed by atoms with E-state index in [0.29, 0.717) is 12.2 Å². The summed E-state index contributed by atoms with van der Waals surface area (Å²) in [5.41, 5.74) is 1.60. The fourth-order valence-corrected chi connectivity index (χ4v) is 2.27. The van der Waals surface area contributed by atoms with Gasteiger partial charge < -0.3 is 9.47 Å². The SMILES string of the molecule is O=C(OCc1cn(Cc2ccccc2)nn1)c1ccc(OC(F)(F)F)cc1. The van der Waals surface area contributed by atoms with E-state index in [1.165, 1.54) is 12.1 Å². The van der Waals surface area contributed by atoms with E-state index in [0.717, 1.165) is 17.7 Å². The first-order chi connectivity index (χ1) is 12.9. The molecule has 9 heteroatoms. The van der Waals surface area contributed by atoms with Crippen LogP contribution in [0.5, 0.6) is 5.75 Å². The van der Waals surface area contributed by atoms with Crippen LogP contribution in [0, 0.1) is 0 Å². The van der Waals surface area contributed by atoms with E-state index in [1.807, 2.05) is 30.3 Å². The fraction of sp³-hybridized carbons (Fsp3) is 0.167. The first kappa shape index (κ1) is 18.4. The Hall–Kier alpha value is -3.36. The highest BCUT2D eigenvalue weighted by molar-refractivity contribution is 5.89. The predicted molar refractivity (Wildman–Crippen MR) is 87.8 cm³/mol. The molecular weight excluding hydrogens is 363 g/mol. The molecular formula is C18H14F3N3O3. The first-order valence-electron chi connectivity index (χ1n) is 7.85. The average molecular weight is 377 g/mol. The van der Waals surface area contributed by atoms with Gasteiger partial charge in [-0.1, -0.05) is 35.5 Å². The smallest absolute Gasteiger partial charge is 0.455 e. The lowest BCUT2D eigenvalue weighted by atomic mass is 10.2. The Morgan fingerprint density at radius 1 is 1.04 bits per heavy atom. The highest BCUT2D eigenvalue weighted by Crippen LogP contribution is 2.23. The molecule has 0 atom stereocenters. The van der Waals surface area contributed by atoms with Gasteiger partial charge in [0.15, 0.2) is 0 Å². The van der Waals surface area contributed by atoms with E-state index < -0.39 is 18.1 Å². The van der Waals surface area contributed by atoms with Gasteiger partial charge in [0.05, 0.1) is 18.3 Å². The molecule has 0 N–H and O–H groups in total. The Balaban J connectivity index is 1.53. The minimum atomic E-state index is -4.78. The highest BCUT2D eigenvalue weighted by Gasteiger charge is 2.31. The summed E-state index contributed by atoms with van der Waals surface area (Å²) in [6, 6.07) is 14.1. The van der Waals surface area contributed by atoms with Crippen molar-refractivity contribution in [2.45, 2.75) is 19.5 Å². The molecule has 0 unspecified atom stereocenters. The third-order valence-corrected chi connectivity index (χ3v) is 3.45. The van der Waals surface area contributed by atoms with Crippen LogP contribution in [0.4, 0.5) is 13.2 Å². The maximum absolute atomic E-state index is 12.1. The largest absolute Gasteiger partial charge is 0.573 e. The zero-order valence-corrected chi connectivity index (χ0v) is 13.9. The monoisotopic (exact) mass is 377 g/mol. The van der Waals surface area contributed by atoms with Crippen molar-refractivity contribution < 1.29 is 27.4 Å². The van der Waals surface area contributed by atoms with Gasteiger partial charge in [-0.3, -0.25) is 0 Å². The summed E-state index contributed by atoms with van der Waals surface area (Å²) in [6.45, 7) is 0.427. The van der Waals surface area contributed by atoms with Crippen LogP contribution in [0.2, 0.25) is 0 Å². The Labute approximate surface area is 152 Å². The zero-order valence-electron chi connectivity index (χ0n) is 13.9. The number of rotatable bonds is 6. The second kappa shape index (κ2) is 7.90. The number of hydrogen-bond donors (Lipinski definition) is 0. The molecule has 27 heavy (non-hydrogen) atoms. The van der Waals surface area contributed by atoms with Gasteiger partial charge in [-0.25, -0.2) is 9.48 Å². The number of alkyl halides is 3. The van der Waals surface area contributed by atoms with Crippen LogP contribution in [0.1, 0.15) is 21.6 Å². The quantitative estimate of drug-likeness (QED) is 0.615. The lowest BCUT2D eigenvalue weighted by molar-refractivity contribution is -0.274. The van der Waals surface area contributed by atoms with Crippen molar-refractivity contribution in [2.24, 2.45) is 0 Å². The number of aromatic nitrogens is 3. The number of ether oxygens (including phenoxy) is 2. The normalized spacial score (nSPS) is 11.2. The molecule has 0 radical (unpaired) electrons. The minimum absolute atomic E-state index is 0.0983. The number of esters is 1. The van der Waals surface area contributed by atoms with Crippen molar-refractivity contribution >= 4 is 5.97 Å². The second-order valence-electron chi connectivity index (χ2n) is 5.54. The summed E-state index contributed by atoms with van der Waals surface area (Å²) in [6.07, 6.45) is -3.13. The van der Waals surface area contributed by atoms with Crippen molar-refractivity contribution in [1.82, 2.24) is 15.0 Å². The molecule has 0 aliphatic heterocycles. The summed E-state index contributed by atoms with van der Waals surface area (Å²) >= 11 is 0. The predicted octanol–water partition coefficient (Wildman–Crippen LogP) is 3.58. The maximum Gasteiger partial charge on any atom is 0.573 e. The molecule has 0 fully saturated rings. The van der Waals surface area contributed by atoms with Gasteiger partial charge in [0.25, 0.3) is 0 Å². The summed E-state index contributed by atoms with van der Waals surface area (Å²) in [5.74, 6) is -1.10. The molecule has 0 saturated carbocycles. The Bertz CT molecular complexity index is 893. The van der Waals surface area contributed by atoms with E-state index >= 15 is 0 Å². The number of hydrogen-bond acceptors (Lipinski definition) is 5. The molecule has 0 saturated heterocycles. The number of carbonyl (C=O) groups excluding carboxylic acids is 1. The second-order valence-corrected chi connectivity index (χ2v) is 5.54. The molecule has 1 aromatic heterocycles. The van der Waals surface area contributed by atoms with Gasteiger partial charge in [0.1, 0.15) is 18.1 Å². The zero-order chi connectivity index (χ0) is 19.3. The summed E-state index contributed by atoms with van der Waals surface area (Å²) in [7, 11) is 0. The van der Waals surface area contributed by atoms with Gasteiger partial charge in [-0.15, -0.1) is 18.3 Å². The number of halogens is 3. The molecule has 0 bridgehead atoms. The lowest BCUT2D eigenvalue weighted by Crippen LogP contribution is -2.17. The molecule has 0 aliphatic rings. The minimum Gasteiger partial charge on any atom is -0.455 e. The number of benzene rings is 2. The molecule has 1 heterocycles. The van der Waals surface area contributed by atoms with Crippen LogP contribution in [0.15, 0.2) is 60.8 Å². The Kier molecular flexibility index (Phi) is 5.39. The summed E-state index contributed by atoms with van der Waals surface area (Å²) in [4.78, 5) is 12.0. The molecule has 0 aliphatic carbocycles. The third kappa shape index (κ3) is 5.56. The van der Waals surface area contributed by atoms with Crippen molar-refractivity contribution in [3.63, 3.8) is 0 Å². The highest BCUT2D eigenvalue weighted by atomic mass is 19.4. The molecule has 0 spiro atoms. The van der Waals surface area contributed by atoms with Crippen LogP contribution in [0.3, 0.4) is 0 Å². The van der Waals surface area contributed by atoms with Crippen LogP contribution in [-0.4, -0.2) is 27.3 Å². The van der Waals surface area contributed by atoms with E-state index in [2.05, 4.69) is 15.0 Å². The van der Waals surface area contributed by atoms with Crippen LogP contribution in [-0.2, 0) is 17.9 Å². The Morgan fingerprint density at radius 2 is 1.74 bits per heavy atom. The van der Waals surface area contributed by atoms with Crippen LogP contribution in [0.25, 0.3) is 0 Å². The van der Waals surface area contributed by atoms with Crippen molar-refractivity contribution in [3.8, 4) is 5.75 Å². The lowest BCUT2D eigenvalue weighted by Gasteiger charge is -2.09. The number of carbonyl (C=O) groups is 1. The fourth-order valence-electron chi connectivity index (χ4n) is 2.27. The maximum atomic E-state index is 12.1. The van der Waals surface area contributed by atoms with Gasteiger partial charge in [0, 0.05) is 0 Å². The van der Waals surface area contributed by atoms with Gasteiger partial charge >= 0.3 is 12.3 Å². The van der Waals surface area contributed by atoms with Crippen LogP contribution < -0.4 is 4.74 Å². The first-order valence-corrected chi connectivity index (χ1v) is 7.85. The van der Waals surface area contributed by atoms with E-state index in [9.17, 15) is 18.0 Å². The molecule has 3 aromatic rings. The topological polar surface area (TPSA) is 66.2 Å². The van der Waals surface area contributed by atoms with Crippen molar-refractivity contribution in [3.05, 3.63) is 77.6 Å². The van der Waals surface area contributed by atoms with E-state index in [1.54, 1.807) is 10.9 Å².